The van der Waals surface area contributed by atoms with Crippen LogP contribution >= 0.6 is 0 Å². The summed E-state index contributed by atoms with van der Waals surface area (Å²) in [4.78, 5) is 12.7. The second-order valence-electron chi connectivity index (χ2n) is 6.75. The first-order chi connectivity index (χ1) is 11.1. The van der Waals surface area contributed by atoms with Crippen LogP contribution in [-0.2, 0) is 4.79 Å². The number of carbonyl (C=O) groups excluding carboxylic acids is 1. The van der Waals surface area contributed by atoms with Gasteiger partial charge in [-0.1, -0.05) is 6.42 Å². The van der Waals surface area contributed by atoms with Crippen molar-refractivity contribution in [1.82, 2.24) is 0 Å². The number of amides is 1. The molecule has 0 radical (unpaired) electrons. The molecule has 0 aliphatic heterocycles. The number of carbonyl (C=O) groups is 1. The SMILES string of the molecule is COc1ccc(NC(=O)C2CC3CCCC(C2)C3N)c(OC)c1. The first kappa shape index (κ1) is 16.1. The van der Waals surface area contributed by atoms with Crippen molar-refractivity contribution in [2.45, 2.75) is 38.1 Å². The Balaban J connectivity index is 1.70. The lowest BCUT2D eigenvalue weighted by Crippen LogP contribution is -2.48. The van der Waals surface area contributed by atoms with E-state index in [1.165, 1.54) is 6.42 Å². The van der Waals surface area contributed by atoms with E-state index >= 15 is 0 Å². The molecule has 0 spiro atoms. The second-order valence-corrected chi connectivity index (χ2v) is 6.75. The van der Waals surface area contributed by atoms with Crippen molar-refractivity contribution in [3.05, 3.63) is 18.2 Å². The number of hydrogen-bond donors (Lipinski definition) is 2. The summed E-state index contributed by atoms with van der Waals surface area (Å²) in [5, 5.41) is 3.03. The van der Waals surface area contributed by atoms with Crippen molar-refractivity contribution in [2.75, 3.05) is 19.5 Å². The molecule has 1 aromatic carbocycles. The zero-order chi connectivity index (χ0) is 16.4. The summed E-state index contributed by atoms with van der Waals surface area (Å²) in [6.07, 6.45) is 5.38. The van der Waals surface area contributed by atoms with E-state index in [1.54, 1.807) is 20.3 Å². The molecule has 0 aromatic heterocycles. The van der Waals surface area contributed by atoms with Crippen molar-refractivity contribution < 1.29 is 14.3 Å². The van der Waals surface area contributed by atoms with Gasteiger partial charge in [0.15, 0.2) is 0 Å². The summed E-state index contributed by atoms with van der Waals surface area (Å²) < 4.78 is 10.5. The third-order valence-electron chi connectivity index (χ3n) is 5.45. The minimum absolute atomic E-state index is 0.0527. The first-order valence-electron chi connectivity index (χ1n) is 8.41. The zero-order valence-electron chi connectivity index (χ0n) is 13.9. The molecule has 0 heterocycles. The van der Waals surface area contributed by atoms with Crippen molar-refractivity contribution >= 4 is 11.6 Å². The molecule has 5 nitrogen and oxygen atoms in total. The molecule has 2 unspecified atom stereocenters. The zero-order valence-corrected chi connectivity index (χ0v) is 13.9. The van der Waals surface area contributed by atoms with E-state index in [0.717, 1.165) is 25.7 Å². The summed E-state index contributed by atoms with van der Waals surface area (Å²) >= 11 is 0. The molecule has 2 aliphatic carbocycles. The van der Waals surface area contributed by atoms with Crippen molar-refractivity contribution in [2.24, 2.45) is 23.5 Å². The molecule has 23 heavy (non-hydrogen) atoms. The van der Waals surface area contributed by atoms with E-state index in [1.807, 2.05) is 12.1 Å². The van der Waals surface area contributed by atoms with Gasteiger partial charge in [-0.05, 0) is 49.7 Å². The van der Waals surface area contributed by atoms with Crippen molar-refractivity contribution in [3.63, 3.8) is 0 Å². The molecule has 2 atom stereocenters. The molecule has 3 rings (SSSR count). The Kier molecular flexibility index (Phi) is 4.76. The fourth-order valence-corrected chi connectivity index (χ4v) is 4.14. The number of rotatable bonds is 4. The van der Waals surface area contributed by atoms with Gasteiger partial charge in [0.1, 0.15) is 11.5 Å². The maximum Gasteiger partial charge on any atom is 0.227 e. The number of methoxy groups -OCH3 is 2. The molecule has 2 bridgehead atoms. The fourth-order valence-electron chi connectivity index (χ4n) is 4.14. The van der Waals surface area contributed by atoms with Crippen LogP contribution in [0.5, 0.6) is 11.5 Å². The van der Waals surface area contributed by atoms with Crippen LogP contribution in [0.2, 0.25) is 0 Å². The van der Waals surface area contributed by atoms with E-state index in [9.17, 15) is 4.79 Å². The number of anilines is 1. The number of nitrogens with one attached hydrogen (secondary N) is 1. The van der Waals surface area contributed by atoms with Gasteiger partial charge in [-0.3, -0.25) is 4.79 Å². The molecule has 2 aliphatic rings. The molecule has 0 saturated heterocycles. The Labute approximate surface area is 137 Å². The predicted molar refractivity (Wildman–Crippen MR) is 89.7 cm³/mol. The molecular weight excluding hydrogens is 292 g/mol. The minimum atomic E-state index is 0.0527. The summed E-state index contributed by atoms with van der Waals surface area (Å²) in [6.45, 7) is 0. The van der Waals surface area contributed by atoms with Crippen molar-refractivity contribution in [3.8, 4) is 11.5 Å². The van der Waals surface area contributed by atoms with Crippen LogP contribution in [0.25, 0.3) is 0 Å². The highest BCUT2D eigenvalue weighted by molar-refractivity contribution is 5.94. The van der Waals surface area contributed by atoms with E-state index in [-0.39, 0.29) is 17.9 Å². The van der Waals surface area contributed by atoms with Crippen LogP contribution in [0.4, 0.5) is 5.69 Å². The molecule has 2 saturated carbocycles. The average molecular weight is 318 g/mol. The van der Waals surface area contributed by atoms with Crippen LogP contribution in [0.3, 0.4) is 0 Å². The third-order valence-corrected chi connectivity index (χ3v) is 5.45. The smallest absolute Gasteiger partial charge is 0.227 e. The van der Waals surface area contributed by atoms with Crippen LogP contribution in [-0.4, -0.2) is 26.2 Å². The van der Waals surface area contributed by atoms with E-state index in [0.29, 0.717) is 29.0 Å². The molecule has 2 fully saturated rings. The number of nitrogens with two attached hydrogens (primary N) is 1. The predicted octanol–water partition coefficient (Wildman–Crippen LogP) is 2.80. The Morgan fingerprint density at radius 3 is 2.48 bits per heavy atom. The third kappa shape index (κ3) is 3.29. The Hall–Kier alpha value is -1.75. The number of hydrogen-bond acceptors (Lipinski definition) is 4. The summed E-state index contributed by atoms with van der Waals surface area (Å²) in [6, 6.07) is 5.71. The highest BCUT2D eigenvalue weighted by atomic mass is 16.5. The maximum atomic E-state index is 12.7. The van der Waals surface area contributed by atoms with Gasteiger partial charge >= 0.3 is 0 Å². The minimum Gasteiger partial charge on any atom is -0.497 e. The molecule has 3 N–H and O–H groups in total. The van der Waals surface area contributed by atoms with Crippen LogP contribution in [0.1, 0.15) is 32.1 Å². The highest BCUT2D eigenvalue weighted by Gasteiger charge is 2.40. The number of ether oxygens (including phenoxy) is 2. The summed E-state index contributed by atoms with van der Waals surface area (Å²) in [7, 11) is 3.20. The lowest BCUT2D eigenvalue weighted by atomic mass is 9.65. The molecule has 1 amide bonds. The average Bonchev–Trinajstić information content (AvgIpc) is 2.54. The lowest BCUT2D eigenvalue weighted by molar-refractivity contribution is -0.122. The normalized spacial score (nSPS) is 29.7. The lowest BCUT2D eigenvalue weighted by Gasteiger charge is -2.43. The Morgan fingerprint density at radius 2 is 1.87 bits per heavy atom. The highest BCUT2D eigenvalue weighted by Crippen LogP contribution is 2.42. The van der Waals surface area contributed by atoms with Crippen LogP contribution in [0.15, 0.2) is 18.2 Å². The number of benzene rings is 1. The van der Waals surface area contributed by atoms with Gasteiger partial charge in [0.25, 0.3) is 0 Å². The standard InChI is InChI=1S/C18H26N2O3/c1-22-14-6-7-15(16(10-14)23-2)20-18(21)13-8-11-4-3-5-12(9-13)17(11)19/h6-7,10-13,17H,3-5,8-9,19H2,1-2H3,(H,20,21). The largest absolute Gasteiger partial charge is 0.497 e. The van der Waals surface area contributed by atoms with Gasteiger partial charge in [-0.15, -0.1) is 0 Å². The van der Waals surface area contributed by atoms with E-state index in [4.69, 9.17) is 15.2 Å². The molecule has 5 heteroatoms. The van der Waals surface area contributed by atoms with Gasteiger partial charge < -0.3 is 20.5 Å². The van der Waals surface area contributed by atoms with Gasteiger partial charge in [-0.2, -0.15) is 0 Å². The molecular formula is C18H26N2O3. The Bertz CT molecular complexity index is 561. The number of fused-ring (bicyclic) bond motifs is 2. The summed E-state index contributed by atoms with van der Waals surface area (Å²) in [5.74, 6) is 2.45. The van der Waals surface area contributed by atoms with Crippen molar-refractivity contribution in [1.29, 1.82) is 0 Å². The quantitative estimate of drug-likeness (QED) is 0.895. The fraction of sp³-hybridized carbons (Fsp3) is 0.611. The topological polar surface area (TPSA) is 73.6 Å². The van der Waals surface area contributed by atoms with Crippen LogP contribution < -0.4 is 20.5 Å². The Morgan fingerprint density at radius 1 is 1.17 bits per heavy atom. The van der Waals surface area contributed by atoms with E-state index < -0.39 is 0 Å². The molecule has 1 aromatic rings. The first-order valence-corrected chi connectivity index (χ1v) is 8.41. The van der Waals surface area contributed by atoms with Gasteiger partial charge in [0.05, 0.1) is 19.9 Å². The van der Waals surface area contributed by atoms with Gasteiger partial charge in [0, 0.05) is 18.0 Å². The molecule has 126 valence electrons. The monoisotopic (exact) mass is 318 g/mol. The second kappa shape index (κ2) is 6.79. The van der Waals surface area contributed by atoms with Gasteiger partial charge in [-0.25, -0.2) is 0 Å². The maximum absolute atomic E-state index is 12.7. The van der Waals surface area contributed by atoms with Crippen LogP contribution in [0, 0.1) is 17.8 Å². The van der Waals surface area contributed by atoms with E-state index in [2.05, 4.69) is 5.32 Å². The van der Waals surface area contributed by atoms with Gasteiger partial charge in [0.2, 0.25) is 5.91 Å². The summed E-state index contributed by atoms with van der Waals surface area (Å²) in [5.41, 5.74) is 7.00.